The second kappa shape index (κ2) is 6.43. The van der Waals surface area contributed by atoms with E-state index in [1.807, 2.05) is 42.6 Å². The number of hydrogen-bond donors (Lipinski definition) is 0. The maximum atomic E-state index is 6.48. The molecule has 0 fully saturated rings. The Hall–Kier alpha value is -2.09. The molecule has 0 saturated heterocycles. The number of aromatic nitrogens is 1. The smallest absolute Gasteiger partial charge is 0.0485 e. The third-order valence-electron chi connectivity index (χ3n) is 4.36. The van der Waals surface area contributed by atoms with Gasteiger partial charge in [-0.25, -0.2) is 0 Å². The number of rotatable bonds is 1. The fraction of sp³-hybridized carbons (Fsp3) is 0.0952. The van der Waals surface area contributed by atoms with Crippen LogP contribution in [0.2, 0.25) is 10.0 Å². The summed E-state index contributed by atoms with van der Waals surface area (Å²) in [4.78, 5) is 4.59. The molecule has 118 valence electrons. The molecule has 0 N–H and O–H groups in total. The number of nitrogens with zero attached hydrogens (tertiary/aromatic N) is 1. The zero-order chi connectivity index (χ0) is 16.5. The van der Waals surface area contributed by atoms with Crippen LogP contribution in [0.25, 0.3) is 11.6 Å². The zero-order valence-corrected chi connectivity index (χ0v) is 14.5. The Morgan fingerprint density at radius 1 is 0.875 bits per heavy atom. The molecular weight excluding hydrogens is 337 g/mol. The van der Waals surface area contributed by atoms with E-state index in [0.29, 0.717) is 0 Å². The lowest BCUT2D eigenvalue weighted by Crippen LogP contribution is -1.95. The highest BCUT2D eigenvalue weighted by Gasteiger charge is 2.20. The Bertz CT molecular complexity index is 944. The molecular formula is C21H15Cl2N. The third kappa shape index (κ3) is 2.86. The first kappa shape index (κ1) is 15.4. The van der Waals surface area contributed by atoms with Crippen LogP contribution in [0.1, 0.15) is 27.9 Å². The number of halogens is 2. The topological polar surface area (TPSA) is 12.9 Å². The molecule has 0 atom stereocenters. The standard InChI is InChI=1S/C21H15Cl2N/c22-15-5-1-4-14(12-15)13-19-16-6-2-8-20(23)17(16)9-10-21-18(19)7-3-11-24-21/h1-8,11-13H,9-10H2. The molecule has 1 aliphatic carbocycles. The summed E-state index contributed by atoms with van der Waals surface area (Å²) in [7, 11) is 0. The van der Waals surface area contributed by atoms with Crippen LogP contribution in [0, 0.1) is 0 Å². The van der Waals surface area contributed by atoms with E-state index in [9.17, 15) is 0 Å². The molecule has 1 heterocycles. The van der Waals surface area contributed by atoms with Crippen molar-refractivity contribution in [1.82, 2.24) is 4.98 Å². The van der Waals surface area contributed by atoms with E-state index >= 15 is 0 Å². The Kier molecular flexibility index (Phi) is 4.13. The minimum atomic E-state index is 0.732. The molecule has 1 nitrogen and oxygen atoms in total. The first-order valence-corrected chi connectivity index (χ1v) is 8.67. The van der Waals surface area contributed by atoms with Crippen molar-refractivity contribution >= 4 is 34.9 Å². The number of hydrogen-bond acceptors (Lipinski definition) is 1. The molecule has 0 amide bonds. The SMILES string of the molecule is Clc1cccc(C=C2c3cccnc3CCc3c(Cl)cccc32)c1. The monoisotopic (exact) mass is 351 g/mol. The molecule has 1 aliphatic rings. The van der Waals surface area contributed by atoms with Crippen LogP contribution in [-0.2, 0) is 12.8 Å². The van der Waals surface area contributed by atoms with E-state index < -0.39 is 0 Å². The number of fused-ring (bicyclic) bond motifs is 2. The average molecular weight is 352 g/mol. The maximum Gasteiger partial charge on any atom is 0.0485 e. The maximum absolute atomic E-state index is 6.48. The Morgan fingerprint density at radius 2 is 1.71 bits per heavy atom. The van der Waals surface area contributed by atoms with E-state index in [0.717, 1.165) is 39.7 Å². The van der Waals surface area contributed by atoms with E-state index in [1.54, 1.807) is 0 Å². The molecule has 0 aliphatic heterocycles. The van der Waals surface area contributed by atoms with Gasteiger partial charge in [0.05, 0.1) is 0 Å². The lowest BCUT2D eigenvalue weighted by molar-refractivity contribution is 0.918. The highest BCUT2D eigenvalue weighted by molar-refractivity contribution is 6.32. The summed E-state index contributed by atoms with van der Waals surface area (Å²) in [6, 6.07) is 18.1. The Morgan fingerprint density at radius 3 is 2.58 bits per heavy atom. The van der Waals surface area contributed by atoms with E-state index in [-0.39, 0.29) is 0 Å². The van der Waals surface area contributed by atoms with Crippen LogP contribution >= 0.6 is 23.2 Å². The van der Waals surface area contributed by atoms with Crippen molar-refractivity contribution in [3.05, 3.63) is 98.8 Å². The van der Waals surface area contributed by atoms with Gasteiger partial charge < -0.3 is 0 Å². The van der Waals surface area contributed by atoms with Gasteiger partial charge in [-0.05, 0) is 65.4 Å². The fourth-order valence-electron chi connectivity index (χ4n) is 3.25. The summed E-state index contributed by atoms with van der Waals surface area (Å²) < 4.78 is 0. The van der Waals surface area contributed by atoms with Gasteiger partial charge in [0.2, 0.25) is 0 Å². The molecule has 0 bridgehead atoms. The fourth-order valence-corrected chi connectivity index (χ4v) is 3.72. The van der Waals surface area contributed by atoms with Crippen LogP contribution in [0.4, 0.5) is 0 Å². The van der Waals surface area contributed by atoms with Crippen molar-refractivity contribution in [1.29, 1.82) is 0 Å². The average Bonchev–Trinajstić information content (AvgIpc) is 2.74. The molecule has 1 aromatic heterocycles. The van der Waals surface area contributed by atoms with Crippen molar-refractivity contribution in [3.63, 3.8) is 0 Å². The van der Waals surface area contributed by atoms with Crippen LogP contribution in [0.15, 0.2) is 60.8 Å². The summed E-state index contributed by atoms with van der Waals surface area (Å²) in [5.41, 5.74) is 6.85. The van der Waals surface area contributed by atoms with Crippen molar-refractivity contribution in [3.8, 4) is 0 Å². The normalized spacial score (nSPS) is 14.8. The zero-order valence-electron chi connectivity index (χ0n) is 13.0. The van der Waals surface area contributed by atoms with Crippen molar-refractivity contribution in [2.24, 2.45) is 0 Å². The van der Waals surface area contributed by atoms with Crippen LogP contribution in [-0.4, -0.2) is 4.98 Å². The van der Waals surface area contributed by atoms with Gasteiger partial charge in [-0.3, -0.25) is 4.98 Å². The van der Waals surface area contributed by atoms with Crippen LogP contribution in [0.3, 0.4) is 0 Å². The highest BCUT2D eigenvalue weighted by Crippen LogP contribution is 2.37. The lowest BCUT2D eigenvalue weighted by Gasteiger charge is -2.12. The van der Waals surface area contributed by atoms with Gasteiger partial charge in [0.15, 0.2) is 0 Å². The summed E-state index contributed by atoms with van der Waals surface area (Å²) in [5.74, 6) is 0. The number of pyridine rings is 1. The van der Waals surface area contributed by atoms with Gasteiger partial charge in [0.1, 0.15) is 0 Å². The minimum absolute atomic E-state index is 0.732. The highest BCUT2D eigenvalue weighted by atomic mass is 35.5. The van der Waals surface area contributed by atoms with Gasteiger partial charge in [-0.15, -0.1) is 0 Å². The van der Waals surface area contributed by atoms with Gasteiger partial charge in [0.25, 0.3) is 0 Å². The first-order valence-electron chi connectivity index (χ1n) is 7.91. The molecule has 3 aromatic rings. The molecule has 0 radical (unpaired) electrons. The Balaban J connectivity index is 1.99. The molecule has 0 spiro atoms. The minimum Gasteiger partial charge on any atom is -0.261 e. The summed E-state index contributed by atoms with van der Waals surface area (Å²) in [5, 5.41) is 1.55. The molecule has 0 unspecified atom stereocenters. The summed E-state index contributed by atoms with van der Waals surface area (Å²) in [6.45, 7) is 0. The molecule has 3 heteroatoms. The molecule has 4 rings (SSSR count). The molecule has 24 heavy (non-hydrogen) atoms. The predicted octanol–water partition coefficient (Wildman–Crippen LogP) is 6.08. The number of aryl methyl sites for hydroxylation is 1. The number of benzene rings is 2. The van der Waals surface area contributed by atoms with Crippen molar-refractivity contribution in [2.45, 2.75) is 12.8 Å². The van der Waals surface area contributed by atoms with E-state index in [2.05, 4.69) is 29.3 Å². The van der Waals surface area contributed by atoms with Crippen molar-refractivity contribution in [2.75, 3.05) is 0 Å². The first-order chi connectivity index (χ1) is 11.7. The van der Waals surface area contributed by atoms with Gasteiger partial charge in [-0.2, -0.15) is 0 Å². The van der Waals surface area contributed by atoms with Gasteiger partial charge >= 0.3 is 0 Å². The summed E-state index contributed by atoms with van der Waals surface area (Å²) in [6.07, 6.45) is 5.81. The largest absolute Gasteiger partial charge is 0.261 e. The van der Waals surface area contributed by atoms with Crippen LogP contribution < -0.4 is 0 Å². The van der Waals surface area contributed by atoms with Crippen molar-refractivity contribution < 1.29 is 0 Å². The molecule has 0 saturated carbocycles. The lowest BCUT2D eigenvalue weighted by atomic mass is 9.93. The van der Waals surface area contributed by atoms with E-state index in [1.165, 1.54) is 16.7 Å². The Labute approximate surface area is 151 Å². The quantitative estimate of drug-likeness (QED) is 0.517. The molecule has 2 aromatic carbocycles. The second-order valence-corrected chi connectivity index (χ2v) is 6.72. The van der Waals surface area contributed by atoms with E-state index in [4.69, 9.17) is 23.2 Å². The third-order valence-corrected chi connectivity index (χ3v) is 4.95. The summed E-state index contributed by atoms with van der Waals surface area (Å²) >= 11 is 12.6. The second-order valence-electron chi connectivity index (χ2n) is 5.88. The van der Waals surface area contributed by atoms with Crippen LogP contribution in [0.5, 0.6) is 0 Å². The van der Waals surface area contributed by atoms with Gasteiger partial charge in [0, 0.05) is 27.5 Å². The predicted molar refractivity (Wildman–Crippen MR) is 102 cm³/mol. The van der Waals surface area contributed by atoms with Gasteiger partial charge in [-0.1, -0.05) is 53.5 Å².